The highest BCUT2D eigenvalue weighted by Crippen LogP contribution is 2.40. The van der Waals surface area contributed by atoms with Gasteiger partial charge in [-0.2, -0.15) is 0 Å². The van der Waals surface area contributed by atoms with Crippen molar-refractivity contribution in [3.8, 4) is 17.2 Å². The van der Waals surface area contributed by atoms with Gasteiger partial charge in [-0.1, -0.05) is 12.1 Å². The highest BCUT2D eigenvalue weighted by Gasteiger charge is 2.19. The lowest BCUT2D eigenvalue weighted by Gasteiger charge is -2.21. The van der Waals surface area contributed by atoms with Gasteiger partial charge in [0.15, 0.2) is 11.5 Å². The number of nitrogens with one attached hydrogen (secondary N) is 1. The number of halogens is 1. The number of ether oxygens (including phenoxy) is 3. The summed E-state index contributed by atoms with van der Waals surface area (Å²) in [6, 6.07) is 9.06. The second kappa shape index (κ2) is 9.59. The van der Waals surface area contributed by atoms with Crippen molar-refractivity contribution >= 4 is 11.8 Å². The van der Waals surface area contributed by atoms with Gasteiger partial charge in [0.2, 0.25) is 11.7 Å². The fourth-order valence-electron chi connectivity index (χ4n) is 2.66. The third kappa shape index (κ3) is 4.70. The maximum absolute atomic E-state index is 13.6. The molecule has 0 atom stereocenters. The quantitative estimate of drug-likeness (QED) is 0.748. The Morgan fingerprint density at radius 3 is 2.29 bits per heavy atom. The highest BCUT2D eigenvalue weighted by molar-refractivity contribution is 5.96. The second-order valence-electron chi connectivity index (χ2n) is 5.91. The summed E-state index contributed by atoms with van der Waals surface area (Å²) >= 11 is 0. The first-order valence-electron chi connectivity index (χ1n) is 8.47. The van der Waals surface area contributed by atoms with Crippen LogP contribution in [0, 0.1) is 5.82 Å². The van der Waals surface area contributed by atoms with Crippen LogP contribution in [0.4, 0.5) is 4.39 Å². The molecule has 7 nitrogen and oxygen atoms in total. The van der Waals surface area contributed by atoms with Crippen molar-refractivity contribution in [1.29, 1.82) is 0 Å². The molecule has 0 heterocycles. The number of nitrogens with zero attached hydrogens (tertiary/aromatic N) is 1. The molecule has 2 amide bonds. The maximum atomic E-state index is 13.6. The van der Waals surface area contributed by atoms with Crippen molar-refractivity contribution in [1.82, 2.24) is 10.2 Å². The minimum absolute atomic E-state index is 0.112. The molecule has 1 N–H and O–H groups in total. The van der Waals surface area contributed by atoms with E-state index >= 15 is 0 Å². The van der Waals surface area contributed by atoms with Gasteiger partial charge in [0.1, 0.15) is 5.82 Å². The Hall–Kier alpha value is -3.29. The van der Waals surface area contributed by atoms with Crippen molar-refractivity contribution < 1.29 is 28.2 Å². The number of hydrogen-bond donors (Lipinski definition) is 1. The smallest absolute Gasteiger partial charge is 0.254 e. The Bertz CT molecular complexity index is 856. The lowest BCUT2D eigenvalue weighted by atomic mass is 10.1. The molecule has 0 aliphatic carbocycles. The Kier molecular flexibility index (Phi) is 7.20. The summed E-state index contributed by atoms with van der Waals surface area (Å²) in [4.78, 5) is 25.8. The summed E-state index contributed by atoms with van der Waals surface area (Å²) in [6.07, 6.45) is 0. The summed E-state index contributed by atoms with van der Waals surface area (Å²) in [5, 5.41) is 2.43. The Morgan fingerprint density at radius 2 is 1.68 bits per heavy atom. The average molecular weight is 390 g/mol. The summed E-state index contributed by atoms with van der Waals surface area (Å²) in [6.45, 7) is -0.0444. The molecule has 150 valence electrons. The second-order valence-corrected chi connectivity index (χ2v) is 5.91. The molecule has 28 heavy (non-hydrogen) atoms. The number of benzene rings is 2. The molecule has 2 rings (SSSR count). The monoisotopic (exact) mass is 390 g/mol. The average Bonchev–Trinajstić information content (AvgIpc) is 2.71. The van der Waals surface area contributed by atoms with Crippen LogP contribution in [0.5, 0.6) is 17.2 Å². The van der Waals surface area contributed by atoms with Gasteiger partial charge in [0.25, 0.3) is 5.91 Å². The minimum atomic E-state index is -0.649. The van der Waals surface area contributed by atoms with E-state index < -0.39 is 11.7 Å². The van der Waals surface area contributed by atoms with Crippen LogP contribution in [0.25, 0.3) is 0 Å². The van der Waals surface area contributed by atoms with Crippen LogP contribution in [0.3, 0.4) is 0 Å². The molecule has 0 aliphatic heterocycles. The number of amides is 2. The van der Waals surface area contributed by atoms with Gasteiger partial charge in [-0.15, -0.1) is 0 Å². The fourth-order valence-corrected chi connectivity index (χ4v) is 2.66. The molecule has 0 fully saturated rings. The zero-order valence-corrected chi connectivity index (χ0v) is 16.2. The Labute approximate surface area is 163 Å². The van der Waals surface area contributed by atoms with Gasteiger partial charge >= 0.3 is 0 Å². The van der Waals surface area contributed by atoms with E-state index in [4.69, 9.17) is 14.2 Å². The number of hydrogen-bond acceptors (Lipinski definition) is 5. The van der Waals surface area contributed by atoms with Crippen molar-refractivity contribution in [3.63, 3.8) is 0 Å². The van der Waals surface area contributed by atoms with E-state index in [1.165, 1.54) is 44.4 Å². The van der Waals surface area contributed by atoms with Gasteiger partial charge in [-0.05, 0) is 24.3 Å². The van der Waals surface area contributed by atoms with Crippen LogP contribution in [0.2, 0.25) is 0 Å². The molecular formula is C20H23FN2O5. The van der Waals surface area contributed by atoms with Crippen LogP contribution in [0.1, 0.15) is 15.9 Å². The predicted molar refractivity (Wildman–Crippen MR) is 101 cm³/mol. The molecule has 0 saturated heterocycles. The first kappa shape index (κ1) is 21.0. The van der Waals surface area contributed by atoms with E-state index in [0.29, 0.717) is 22.8 Å². The van der Waals surface area contributed by atoms with E-state index in [-0.39, 0.29) is 24.6 Å². The molecule has 8 heteroatoms. The molecule has 0 spiro atoms. The fraction of sp³-hybridized carbons (Fsp3) is 0.300. The lowest BCUT2D eigenvalue weighted by Crippen LogP contribution is -2.38. The molecule has 2 aromatic rings. The molecule has 0 radical (unpaired) electrons. The van der Waals surface area contributed by atoms with Crippen LogP contribution in [-0.4, -0.2) is 51.6 Å². The van der Waals surface area contributed by atoms with Crippen LogP contribution in [0.15, 0.2) is 36.4 Å². The number of carbonyl (C=O) groups is 2. The van der Waals surface area contributed by atoms with Gasteiger partial charge in [-0.3, -0.25) is 9.59 Å². The van der Waals surface area contributed by atoms with Crippen LogP contribution in [-0.2, 0) is 11.3 Å². The maximum Gasteiger partial charge on any atom is 0.254 e. The van der Waals surface area contributed by atoms with Crippen molar-refractivity contribution in [2.45, 2.75) is 6.54 Å². The first-order chi connectivity index (χ1) is 13.4. The van der Waals surface area contributed by atoms with E-state index in [1.807, 2.05) is 0 Å². The third-order valence-corrected chi connectivity index (χ3v) is 4.14. The van der Waals surface area contributed by atoms with Gasteiger partial charge in [0, 0.05) is 19.2 Å². The summed E-state index contributed by atoms with van der Waals surface area (Å²) in [7, 11) is 6.10. The zero-order valence-electron chi connectivity index (χ0n) is 16.2. The minimum Gasteiger partial charge on any atom is -0.493 e. The highest BCUT2D eigenvalue weighted by atomic mass is 19.1. The normalized spacial score (nSPS) is 10.2. The van der Waals surface area contributed by atoms with Crippen molar-refractivity contribution in [2.75, 3.05) is 34.9 Å². The van der Waals surface area contributed by atoms with Crippen LogP contribution < -0.4 is 19.5 Å². The molecule has 2 aromatic carbocycles. The van der Waals surface area contributed by atoms with E-state index in [2.05, 4.69) is 5.32 Å². The van der Waals surface area contributed by atoms with Crippen molar-refractivity contribution in [2.24, 2.45) is 0 Å². The molecule has 0 saturated carbocycles. The Morgan fingerprint density at radius 1 is 1.00 bits per heavy atom. The van der Waals surface area contributed by atoms with Gasteiger partial charge in [-0.25, -0.2) is 4.39 Å². The third-order valence-electron chi connectivity index (χ3n) is 4.14. The largest absolute Gasteiger partial charge is 0.493 e. The molecule has 0 aromatic heterocycles. The SMILES string of the molecule is COc1ccc(CN(C)C(=O)CNC(=O)c2ccccc2F)c(OC)c1OC. The number of likely N-dealkylation sites (N-methyl/N-ethyl adjacent to an activating group) is 1. The van der Waals surface area contributed by atoms with Crippen molar-refractivity contribution in [3.05, 3.63) is 53.3 Å². The number of methoxy groups -OCH3 is 3. The van der Waals surface area contributed by atoms with E-state index in [0.717, 1.165) is 0 Å². The predicted octanol–water partition coefficient (Wildman–Crippen LogP) is 2.24. The topological polar surface area (TPSA) is 77.1 Å². The molecule has 0 unspecified atom stereocenters. The summed E-state index contributed by atoms with van der Waals surface area (Å²) in [5.74, 6) is -0.247. The molecule has 0 aliphatic rings. The zero-order chi connectivity index (χ0) is 20.7. The van der Waals surface area contributed by atoms with E-state index in [9.17, 15) is 14.0 Å². The lowest BCUT2D eigenvalue weighted by molar-refractivity contribution is -0.129. The van der Waals surface area contributed by atoms with Crippen LogP contribution >= 0.6 is 0 Å². The summed E-state index contributed by atoms with van der Waals surface area (Å²) < 4.78 is 29.6. The standard InChI is InChI=1S/C20H23FN2O5/c1-23(12-13-9-10-16(26-2)19(28-4)18(13)27-3)17(24)11-22-20(25)14-7-5-6-8-15(14)21/h5-10H,11-12H2,1-4H3,(H,22,25). The molecular weight excluding hydrogens is 367 g/mol. The Balaban J connectivity index is 2.04. The van der Waals surface area contributed by atoms with Gasteiger partial charge < -0.3 is 24.4 Å². The molecule has 0 bridgehead atoms. The first-order valence-corrected chi connectivity index (χ1v) is 8.47. The van der Waals surface area contributed by atoms with E-state index in [1.54, 1.807) is 25.2 Å². The summed E-state index contributed by atoms with van der Waals surface area (Å²) in [5.41, 5.74) is 0.593. The van der Waals surface area contributed by atoms with Gasteiger partial charge in [0.05, 0.1) is 33.4 Å². The number of rotatable bonds is 8. The number of carbonyl (C=O) groups excluding carboxylic acids is 2.